The third-order valence-corrected chi connectivity index (χ3v) is 5.76. The summed E-state index contributed by atoms with van der Waals surface area (Å²) in [6.07, 6.45) is -1.89. The topological polar surface area (TPSA) is 93.1 Å². The number of aromatic nitrogens is 2. The number of alkyl halides is 3. The number of hydrogen-bond donors (Lipinski definition) is 2. The van der Waals surface area contributed by atoms with E-state index in [4.69, 9.17) is 11.6 Å². The molecule has 0 radical (unpaired) electrons. The first-order valence-corrected chi connectivity index (χ1v) is 11.0. The molecule has 0 spiro atoms. The number of amides is 1. The summed E-state index contributed by atoms with van der Waals surface area (Å²) in [6, 6.07) is 4.73. The van der Waals surface area contributed by atoms with E-state index in [9.17, 15) is 26.4 Å². The second-order valence-electron chi connectivity index (χ2n) is 7.15. The Bertz CT molecular complexity index is 1060. The van der Waals surface area contributed by atoms with Crippen molar-refractivity contribution in [2.24, 2.45) is 5.92 Å². The van der Waals surface area contributed by atoms with Crippen LogP contribution in [0.15, 0.2) is 35.2 Å². The number of hydrogen-bond acceptors (Lipinski definition) is 4. The molecular weight excluding hydrogens is 457 g/mol. The quantitative estimate of drug-likeness (QED) is 0.561. The molecule has 7 nitrogen and oxygen atoms in total. The van der Waals surface area contributed by atoms with Crippen molar-refractivity contribution in [3.05, 3.63) is 46.8 Å². The fourth-order valence-electron chi connectivity index (χ4n) is 2.54. The first-order valence-electron chi connectivity index (χ1n) is 9.17. The Morgan fingerprint density at radius 1 is 1.26 bits per heavy atom. The Morgan fingerprint density at radius 2 is 1.87 bits per heavy atom. The number of halogens is 4. The van der Waals surface area contributed by atoms with Gasteiger partial charge in [-0.1, -0.05) is 25.4 Å². The number of anilines is 1. The number of sulfonamides is 1. The number of aryl methyl sites for hydroxylation is 1. The molecule has 2 rings (SSSR count). The average Bonchev–Trinajstić information content (AvgIpc) is 2.91. The maximum Gasteiger partial charge on any atom is 0.402 e. The molecule has 0 saturated carbocycles. The van der Waals surface area contributed by atoms with Gasteiger partial charge in [-0.3, -0.25) is 9.48 Å². The lowest BCUT2D eigenvalue weighted by molar-refractivity contribution is -0.121. The minimum absolute atomic E-state index is 0.266. The molecule has 0 aliphatic rings. The third-order valence-electron chi connectivity index (χ3n) is 3.94. The zero-order chi connectivity index (χ0) is 23.4. The van der Waals surface area contributed by atoms with Crippen molar-refractivity contribution in [3.8, 4) is 0 Å². The maximum atomic E-state index is 12.2. The summed E-state index contributed by atoms with van der Waals surface area (Å²) in [4.78, 5) is 11.8. The highest BCUT2D eigenvalue weighted by atomic mass is 35.5. The van der Waals surface area contributed by atoms with Crippen molar-refractivity contribution in [3.63, 3.8) is 0 Å². The summed E-state index contributed by atoms with van der Waals surface area (Å²) < 4.78 is 63.5. The normalized spacial score (nSPS) is 12.6. The van der Waals surface area contributed by atoms with E-state index >= 15 is 0 Å². The van der Waals surface area contributed by atoms with Crippen molar-refractivity contribution in [1.29, 1.82) is 0 Å². The predicted molar refractivity (Wildman–Crippen MR) is 112 cm³/mol. The third kappa shape index (κ3) is 7.37. The molecule has 0 fully saturated rings. The molecule has 1 amide bonds. The largest absolute Gasteiger partial charge is 0.402 e. The van der Waals surface area contributed by atoms with E-state index in [0.717, 1.165) is 12.1 Å². The minimum Gasteiger partial charge on any atom is -0.323 e. The predicted octanol–water partition coefficient (Wildman–Crippen LogP) is 3.99. The van der Waals surface area contributed by atoms with Crippen LogP contribution >= 0.6 is 11.6 Å². The summed E-state index contributed by atoms with van der Waals surface area (Å²) in [7, 11) is -4.32. The van der Waals surface area contributed by atoms with Crippen molar-refractivity contribution in [1.82, 2.24) is 14.5 Å². The first-order chi connectivity index (χ1) is 14.3. The van der Waals surface area contributed by atoms with Crippen LogP contribution in [-0.4, -0.2) is 36.8 Å². The molecule has 170 valence electrons. The van der Waals surface area contributed by atoms with E-state index in [1.54, 1.807) is 11.6 Å². The van der Waals surface area contributed by atoms with Crippen LogP contribution in [0.4, 0.5) is 18.9 Å². The lowest BCUT2D eigenvalue weighted by Gasteiger charge is -2.10. The van der Waals surface area contributed by atoms with Crippen molar-refractivity contribution >= 4 is 39.3 Å². The van der Waals surface area contributed by atoms with E-state index in [1.807, 2.05) is 13.8 Å². The van der Waals surface area contributed by atoms with Gasteiger partial charge in [0.15, 0.2) is 0 Å². The monoisotopic (exact) mass is 478 g/mol. The van der Waals surface area contributed by atoms with Crippen LogP contribution in [0.25, 0.3) is 6.08 Å². The van der Waals surface area contributed by atoms with Crippen LogP contribution in [-0.2, 0) is 21.4 Å². The van der Waals surface area contributed by atoms with Gasteiger partial charge in [0.1, 0.15) is 11.7 Å². The van der Waals surface area contributed by atoms with Crippen LogP contribution in [0.1, 0.15) is 25.1 Å². The fraction of sp³-hybridized carbons (Fsp3) is 0.368. The summed E-state index contributed by atoms with van der Waals surface area (Å²) in [5.41, 5.74) is 1.54. The number of benzene rings is 1. The van der Waals surface area contributed by atoms with Crippen LogP contribution < -0.4 is 10.0 Å². The van der Waals surface area contributed by atoms with E-state index in [2.05, 4.69) is 10.4 Å². The molecule has 2 N–H and O–H groups in total. The SMILES string of the molecule is Cc1nn(CC(C)C)c(Cl)c1/C=C/C(=O)Nc1ccc(S(=O)(=O)NCC(F)(F)F)cc1. The lowest BCUT2D eigenvalue weighted by Crippen LogP contribution is -2.33. The highest BCUT2D eigenvalue weighted by Crippen LogP contribution is 2.22. The summed E-state index contributed by atoms with van der Waals surface area (Å²) >= 11 is 6.32. The summed E-state index contributed by atoms with van der Waals surface area (Å²) in [6.45, 7) is 4.78. The van der Waals surface area contributed by atoms with Gasteiger partial charge in [-0.2, -0.15) is 18.3 Å². The second-order valence-corrected chi connectivity index (χ2v) is 9.28. The van der Waals surface area contributed by atoms with Gasteiger partial charge < -0.3 is 5.32 Å². The number of carbonyl (C=O) groups is 1. The van der Waals surface area contributed by atoms with E-state index in [1.165, 1.54) is 29.0 Å². The molecular formula is C19H22ClF3N4O3S. The van der Waals surface area contributed by atoms with E-state index < -0.39 is 28.7 Å². The Labute approximate surface area is 183 Å². The Morgan fingerprint density at radius 3 is 2.42 bits per heavy atom. The van der Waals surface area contributed by atoms with Crippen LogP contribution in [0.3, 0.4) is 0 Å². The van der Waals surface area contributed by atoms with Gasteiger partial charge in [-0.25, -0.2) is 13.1 Å². The standard InChI is InChI=1S/C19H22ClF3N4O3S/c1-12(2)10-27-18(20)16(13(3)26-27)8-9-17(28)25-14-4-6-15(7-5-14)31(29,30)24-11-19(21,22)23/h4-9,12,24H,10-11H2,1-3H3,(H,25,28)/b9-8+. The molecule has 1 aromatic heterocycles. The first kappa shape index (κ1) is 24.9. The van der Waals surface area contributed by atoms with E-state index in [-0.39, 0.29) is 10.6 Å². The van der Waals surface area contributed by atoms with Gasteiger partial charge in [0, 0.05) is 23.9 Å². The molecule has 0 bridgehead atoms. The van der Waals surface area contributed by atoms with Gasteiger partial charge in [0.2, 0.25) is 15.9 Å². The molecule has 31 heavy (non-hydrogen) atoms. The Kier molecular flexibility index (Phi) is 7.90. The zero-order valence-electron chi connectivity index (χ0n) is 17.0. The van der Waals surface area contributed by atoms with Crippen molar-refractivity contribution in [2.75, 3.05) is 11.9 Å². The second kappa shape index (κ2) is 9.84. The van der Waals surface area contributed by atoms with Crippen molar-refractivity contribution in [2.45, 2.75) is 38.4 Å². The van der Waals surface area contributed by atoms with Crippen LogP contribution in [0.5, 0.6) is 0 Å². The highest BCUT2D eigenvalue weighted by molar-refractivity contribution is 7.89. The van der Waals surface area contributed by atoms with Crippen LogP contribution in [0, 0.1) is 12.8 Å². The molecule has 0 unspecified atom stereocenters. The molecule has 0 aliphatic carbocycles. The Balaban J connectivity index is 2.04. The molecule has 1 heterocycles. The zero-order valence-corrected chi connectivity index (χ0v) is 18.6. The fourth-order valence-corrected chi connectivity index (χ4v) is 3.87. The summed E-state index contributed by atoms with van der Waals surface area (Å²) in [5.74, 6) is -0.162. The number of nitrogens with zero attached hydrogens (tertiary/aromatic N) is 2. The molecule has 2 aromatic rings. The summed E-state index contributed by atoms with van der Waals surface area (Å²) in [5, 5.41) is 7.29. The molecule has 0 aliphatic heterocycles. The number of rotatable bonds is 8. The van der Waals surface area contributed by atoms with Gasteiger partial charge in [0.25, 0.3) is 0 Å². The van der Waals surface area contributed by atoms with Gasteiger partial charge in [-0.15, -0.1) is 0 Å². The average molecular weight is 479 g/mol. The Hall–Kier alpha value is -2.37. The van der Waals surface area contributed by atoms with E-state index in [0.29, 0.717) is 28.9 Å². The van der Waals surface area contributed by atoms with Crippen molar-refractivity contribution < 1.29 is 26.4 Å². The van der Waals surface area contributed by atoms with Gasteiger partial charge in [-0.05, 0) is 43.2 Å². The molecule has 0 atom stereocenters. The highest BCUT2D eigenvalue weighted by Gasteiger charge is 2.30. The lowest BCUT2D eigenvalue weighted by atomic mass is 10.2. The number of carbonyl (C=O) groups excluding carboxylic acids is 1. The number of nitrogens with one attached hydrogen (secondary N) is 2. The molecule has 12 heteroatoms. The van der Waals surface area contributed by atoms with Crippen LogP contribution in [0.2, 0.25) is 5.15 Å². The van der Waals surface area contributed by atoms with Gasteiger partial charge in [0.05, 0.1) is 10.6 Å². The van der Waals surface area contributed by atoms with Gasteiger partial charge >= 0.3 is 6.18 Å². The maximum absolute atomic E-state index is 12.2. The molecule has 0 saturated heterocycles. The molecule has 1 aromatic carbocycles. The minimum atomic E-state index is -4.67. The smallest absolute Gasteiger partial charge is 0.323 e.